The van der Waals surface area contributed by atoms with E-state index in [1.165, 1.54) is 0 Å². The molecule has 0 radical (unpaired) electrons. The van der Waals surface area contributed by atoms with E-state index < -0.39 is 0 Å². The minimum Gasteiger partial charge on any atom is -0.361 e. The number of aryl methyl sites for hydroxylation is 2. The molecule has 0 saturated heterocycles. The molecule has 1 N–H and O–H groups in total. The van der Waals surface area contributed by atoms with Crippen LogP contribution in [-0.4, -0.2) is 13.9 Å². The molecule has 1 atom stereocenters. The van der Waals surface area contributed by atoms with Gasteiger partial charge in [0.2, 0.25) is 0 Å². The van der Waals surface area contributed by atoms with Gasteiger partial charge in [0.25, 0.3) is 0 Å². The van der Waals surface area contributed by atoms with E-state index in [1.807, 2.05) is 20.8 Å². The Hall–Kier alpha value is -1.14. The number of halogens is 1. The summed E-state index contributed by atoms with van der Waals surface area (Å²) in [4.78, 5) is 0. The van der Waals surface area contributed by atoms with Crippen molar-refractivity contribution in [1.82, 2.24) is 13.9 Å². The molecule has 0 aliphatic rings. The lowest BCUT2D eigenvalue weighted by atomic mass is 10.1. The van der Waals surface area contributed by atoms with Crippen molar-refractivity contribution in [3.8, 4) is 0 Å². The molecule has 1 unspecified atom stereocenters. The van der Waals surface area contributed by atoms with Crippen LogP contribution in [0.4, 0.5) is 5.82 Å². The highest BCUT2D eigenvalue weighted by molar-refractivity contribution is 6.99. The Bertz CT molecular complexity index is 476. The van der Waals surface area contributed by atoms with Crippen molar-refractivity contribution in [3.05, 3.63) is 22.2 Å². The molecule has 0 fully saturated rings. The van der Waals surface area contributed by atoms with Crippen molar-refractivity contribution < 1.29 is 4.52 Å². The number of hydrogen-bond donors (Lipinski definition) is 1. The lowest BCUT2D eigenvalue weighted by molar-refractivity contribution is 0.392. The summed E-state index contributed by atoms with van der Waals surface area (Å²) in [6.45, 7) is 5.79. The second-order valence-electron chi connectivity index (χ2n) is 3.51. The predicted octanol–water partition coefficient (Wildman–Crippen LogP) is 2.97. The zero-order valence-electron chi connectivity index (χ0n) is 9.11. The molecular formula is C9H11ClN4OS. The first kappa shape index (κ1) is 11.3. The largest absolute Gasteiger partial charge is 0.361 e. The normalized spacial score (nSPS) is 12.8. The van der Waals surface area contributed by atoms with Gasteiger partial charge in [0.1, 0.15) is 5.76 Å². The molecule has 0 aromatic carbocycles. The van der Waals surface area contributed by atoms with Crippen molar-refractivity contribution in [2.45, 2.75) is 26.8 Å². The third-order valence-corrected chi connectivity index (χ3v) is 3.22. The highest BCUT2D eigenvalue weighted by atomic mass is 35.5. The van der Waals surface area contributed by atoms with Gasteiger partial charge in [-0.2, -0.15) is 8.75 Å². The molecule has 2 heterocycles. The number of nitrogens with one attached hydrogen (secondary N) is 1. The minimum atomic E-state index is 0.0349. The topological polar surface area (TPSA) is 63.8 Å². The van der Waals surface area contributed by atoms with Gasteiger partial charge in [-0.15, -0.1) is 0 Å². The second-order valence-corrected chi connectivity index (χ2v) is 4.39. The van der Waals surface area contributed by atoms with E-state index >= 15 is 0 Å². The van der Waals surface area contributed by atoms with Gasteiger partial charge < -0.3 is 9.84 Å². The van der Waals surface area contributed by atoms with Gasteiger partial charge in [-0.3, -0.25) is 0 Å². The maximum absolute atomic E-state index is 5.86. The minimum absolute atomic E-state index is 0.0349. The van der Waals surface area contributed by atoms with Crippen molar-refractivity contribution in [1.29, 1.82) is 0 Å². The third-order valence-electron chi connectivity index (χ3n) is 2.32. The van der Waals surface area contributed by atoms with Crippen LogP contribution in [0.15, 0.2) is 4.52 Å². The lowest BCUT2D eigenvalue weighted by Crippen LogP contribution is -2.08. The van der Waals surface area contributed by atoms with Crippen molar-refractivity contribution in [2.24, 2.45) is 0 Å². The summed E-state index contributed by atoms with van der Waals surface area (Å²) in [5, 5.41) is 7.48. The first-order chi connectivity index (χ1) is 7.59. The van der Waals surface area contributed by atoms with Crippen LogP contribution in [0.25, 0.3) is 0 Å². The fourth-order valence-corrected chi connectivity index (χ4v) is 2.31. The van der Waals surface area contributed by atoms with Crippen molar-refractivity contribution >= 4 is 29.1 Å². The van der Waals surface area contributed by atoms with Crippen molar-refractivity contribution in [2.75, 3.05) is 5.32 Å². The average Bonchev–Trinajstić information content (AvgIpc) is 2.75. The molecule has 0 aliphatic heterocycles. The fourth-order valence-electron chi connectivity index (χ4n) is 1.65. The number of rotatable bonds is 3. The molecule has 0 amide bonds. The predicted molar refractivity (Wildman–Crippen MR) is 62.9 cm³/mol. The molecule has 16 heavy (non-hydrogen) atoms. The molecule has 0 bridgehead atoms. The number of anilines is 1. The Morgan fingerprint density at radius 3 is 2.62 bits per heavy atom. The van der Waals surface area contributed by atoms with E-state index in [0.29, 0.717) is 11.0 Å². The number of nitrogens with zero attached hydrogens (tertiary/aromatic N) is 3. The monoisotopic (exact) mass is 258 g/mol. The molecule has 7 heteroatoms. The molecular weight excluding hydrogens is 248 g/mol. The van der Waals surface area contributed by atoms with Gasteiger partial charge in [-0.05, 0) is 20.8 Å². The average molecular weight is 259 g/mol. The van der Waals surface area contributed by atoms with Gasteiger partial charge in [-0.25, -0.2) is 0 Å². The summed E-state index contributed by atoms with van der Waals surface area (Å²) < 4.78 is 13.1. The summed E-state index contributed by atoms with van der Waals surface area (Å²) in [6.07, 6.45) is 0. The van der Waals surface area contributed by atoms with Crippen LogP contribution < -0.4 is 5.32 Å². The molecule has 0 saturated carbocycles. The van der Waals surface area contributed by atoms with Crippen LogP contribution in [0.2, 0.25) is 5.15 Å². The first-order valence-corrected chi connectivity index (χ1v) is 5.87. The van der Waals surface area contributed by atoms with Crippen molar-refractivity contribution in [3.63, 3.8) is 0 Å². The highest BCUT2D eigenvalue weighted by Crippen LogP contribution is 2.27. The summed E-state index contributed by atoms with van der Waals surface area (Å²) in [5.74, 6) is 1.40. The Balaban J connectivity index is 2.21. The number of aromatic nitrogens is 3. The van der Waals surface area contributed by atoms with Crippen LogP contribution >= 0.6 is 23.3 Å². The standard InChI is InChI=1S/C9H11ClN4OS/c1-4(7-5(2)12-15-6(7)3)11-9-8(10)13-16-14-9/h4H,1-3H3,(H,11,14). The van der Waals surface area contributed by atoms with Gasteiger partial charge >= 0.3 is 0 Å². The van der Waals surface area contributed by atoms with Gasteiger partial charge in [0, 0.05) is 5.56 Å². The zero-order valence-corrected chi connectivity index (χ0v) is 10.7. The van der Waals surface area contributed by atoms with Gasteiger partial charge in [0.15, 0.2) is 11.0 Å². The van der Waals surface area contributed by atoms with E-state index in [9.17, 15) is 0 Å². The van der Waals surface area contributed by atoms with Crippen LogP contribution in [0, 0.1) is 13.8 Å². The second kappa shape index (κ2) is 4.39. The highest BCUT2D eigenvalue weighted by Gasteiger charge is 2.18. The molecule has 0 spiro atoms. The van der Waals surface area contributed by atoms with E-state index in [2.05, 4.69) is 19.2 Å². The molecule has 86 valence electrons. The van der Waals surface area contributed by atoms with Gasteiger partial charge in [-0.1, -0.05) is 16.8 Å². The zero-order chi connectivity index (χ0) is 11.7. The summed E-state index contributed by atoms with van der Waals surface area (Å²) >= 11 is 6.94. The van der Waals surface area contributed by atoms with E-state index in [1.54, 1.807) is 0 Å². The van der Waals surface area contributed by atoms with E-state index in [4.69, 9.17) is 16.1 Å². The SMILES string of the molecule is Cc1noc(C)c1C(C)Nc1nsnc1Cl. The third kappa shape index (κ3) is 2.03. The Kier molecular flexibility index (Phi) is 3.11. The fraction of sp³-hybridized carbons (Fsp3) is 0.444. The Morgan fingerprint density at radius 1 is 1.38 bits per heavy atom. The maximum Gasteiger partial charge on any atom is 0.186 e. The summed E-state index contributed by atoms with van der Waals surface area (Å²) in [5.41, 5.74) is 1.90. The molecule has 2 rings (SSSR count). The molecule has 2 aromatic rings. The lowest BCUT2D eigenvalue weighted by Gasteiger charge is -2.12. The number of hydrogen-bond acceptors (Lipinski definition) is 6. The molecule has 5 nitrogen and oxygen atoms in total. The van der Waals surface area contributed by atoms with Crippen LogP contribution in [0.1, 0.15) is 30.0 Å². The Labute approximate surface area is 102 Å². The van der Waals surface area contributed by atoms with Crippen LogP contribution in [-0.2, 0) is 0 Å². The van der Waals surface area contributed by atoms with E-state index in [-0.39, 0.29) is 6.04 Å². The summed E-state index contributed by atoms with van der Waals surface area (Å²) in [6, 6.07) is 0.0349. The van der Waals surface area contributed by atoms with Crippen LogP contribution in [0.3, 0.4) is 0 Å². The van der Waals surface area contributed by atoms with E-state index in [0.717, 1.165) is 28.7 Å². The van der Waals surface area contributed by atoms with Gasteiger partial charge in [0.05, 0.1) is 23.5 Å². The van der Waals surface area contributed by atoms with Crippen LogP contribution in [0.5, 0.6) is 0 Å². The quantitative estimate of drug-likeness (QED) is 0.917. The maximum atomic E-state index is 5.86. The smallest absolute Gasteiger partial charge is 0.186 e. The first-order valence-electron chi connectivity index (χ1n) is 4.77. The molecule has 0 aliphatic carbocycles. The summed E-state index contributed by atoms with van der Waals surface area (Å²) in [7, 11) is 0. The molecule has 2 aromatic heterocycles. The Morgan fingerprint density at radius 2 is 2.12 bits per heavy atom.